The zero-order valence-corrected chi connectivity index (χ0v) is 17.2. The van der Waals surface area contributed by atoms with E-state index in [1.165, 1.54) is 12.3 Å². The summed E-state index contributed by atoms with van der Waals surface area (Å²) in [6.07, 6.45) is -9.10. The van der Waals surface area contributed by atoms with Gasteiger partial charge in [-0.25, -0.2) is 0 Å². The maximum absolute atomic E-state index is 13.8. The van der Waals surface area contributed by atoms with Gasteiger partial charge in [0.05, 0.1) is 0 Å². The van der Waals surface area contributed by atoms with E-state index >= 15 is 0 Å². The van der Waals surface area contributed by atoms with Crippen molar-refractivity contribution in [1.82, 2.24) is 4.98 Å². The fourth-order valence-corrected chi connectivity index (χ4v) is 3.10. The van der Waals surface area contributed by atoms with Crippen molar-refractivity contribution in [2.45, 2.75) is 44.3 Å². The van der Waals surface area contributed by atoms with Crippen molar-refractivity contribution in [3.63, 3.8) is 0 Å². The second-order valence-electron chi connectivity index (χ2n) is 6.80. The molecule has 176 valence electrons. The molecule has 0 fully saturated rings. The van der Waals surface area contributed by atoms with Gasteiger partial charge in [0.25, 0.3) is 5.60 Å². The molecule has 0 radical (unpaired) electrons. The summed E-state index contributed by atoms with van der Waals surface area (Å²) in [4.78, 5) is 14.6. The van der Waals surface area contributed by atoms with Crippen LogP contribution in [0.25, 0.3) is 0 Å². The van der Waals surface area contributed by atoms with Gasteiger partial charge >= 0.3 is 12.4 Å². The molecule has 0 bridgehead atoms. The average molecular weight is 465 g/mol. The topological polar surface area (TPSA) is 57.6 Å². The third-order valence-corrected chi connectivity index (χ3v) is 4.54. The van der Waals surface area contributed by atoms with Crippen LogP contribution in [0.1, 0.15) is 40.5 Å². The number of carbonyl (C=O) groups is 1. The van der Waals surface area contributed by atoms with E-state index in [2.05, 4.69) is 14.5 Å². The smallest absolute Gasteiger partial charge is 0.430 e. The summed E-state index contributed by atoms with van der Waals surface area (Å²) in [6, 6.07) is 5.54. The van der Waals surface area contributed by atoms with Gasteiger partial charge in [-0.2, -0.15) is 26.3 Å². The van der Waals surface area contributed by atoms with E-state index in [1.807, 2.05) is 0 Å². The number of nitrogens with zero attached hydrogens (tertiary/aromatic N) is 1. The molecule has 0 amide bonds. The van der Waals surface area contributed by atoms with Crippen LogP contribution in [0, 0.1) is 0 Å². The first-order valence-electron chi connectivity index (χ1n) is 9.42. The van der Waals surface area contributed by atoms with E-state index < -0.39 is 30.3 Å². The van der Waals surface area contributed by atoms with Crippen molar-refractivity contribution in [3.8, 4) is 5.75 Å². The molecule has 0 spiro atoms. The maximum atomic E-state index is 13.8. The predicted molar refractivity (Wildman–Crippen MR) is 101 cm³/mol. The van der Waals surface area contributed by atoms with Crippen molar-refractivity contribution in [1.29, 1.82) is 0 Å². The van der Waals surface area contributed by atoms with Crippen LogP contribution in [0.5, 0.6) is 5.75 Å². The molecule has 0 saturated heterocycles. The number of halogens is 6. The highest BCUT2D eigenvalue weighted by Gasteiger charge is 2.73. The molecule has 1 aromatic heterocycles. The number of rotatable bonds is 10. The number of aryl methyl sites for hydroxylation is 1. The van der Waals surface area contributed by atoms with Gasteiger partial charge < -0.3 is 14.2 Å². The van der Waals surface area contributed by atoms with E-state index in [0.717, 1.165) is 19.2 Å². The van der Waals surface area contributed by atoms with Crippen molar-refractivity contribution in [3.05, 3.63) is 58.9 Å². The number of aromatic nitrogens is 1. The molecule has 0 saturated carbocycles. The van der Waals surface area contributed by atoms with E-state index in [9.17, 15) is 31.1 Å². The Morgan fingerprint density at radius 2 is 1.72 bits per heavy atom. The monoisotopic (exact) mass is 465 g/mol. The van der Waals surface area contributed by atoms with Gasteiger partial charge in [-0.1, -0.05) is 19.4 Å². The van der Waals surface area contributed by atoms with Crippen LogP contribution < -0.4 is 4.74 Å². The van der Waals surface area contributed by atoms with Gasteiger partial charge in [-0.05, 0) is 41.8 Å². The zero-order chi connectivity index (χ0) is 24.0. The second kappa shape index (κ2) is 10.3. The highest BCUT2D eigenvalue weighted by Crippen LogP contribution is 2.53. The molecule has 1 aromatic carbocycles. The molecule has 0 aliphatic carbocycles. The van der Waals surface area contributed by atoms with Crippen LogP contribution in [-0.2, 0) is 28.1 Å². The molecule has 2 rings (SSSR count). The number of carbonyl (C=O) groups excluding carboxylic acids is 1. The molecule has 2 aromatic rings. The standard InChI is InChI=1S/C21H21F6NO4/c1-3-4-15-10-16(19(20(22,23)24,21(25,26)27)32-13-30-2)5-6-18(15)31-12-14-7-8-28-17(9-14)11-29/h5-11H,3-4,12-13H2,1-2H3. The van der Waals surface area contributed by atoms with E-state index in [-0.39, 0.29) is 30.0 Å². The van der Waals surface area contributed by atoms with Gasteiger partial charge in [-0.15, -0.1) is 0 Å². The highest BCUT2D eigenvalue weighted by atomic mass is 19.4. The number of aldehydes is 1. The summed E-state index contributed by atoms with van der Waals surface area (Å²) in [5.41, 5.74) is -4.84. The van der Waals surface area contributed by atoms with Gasteiger partial charge in [0.1, 0.15) is 24.8 Å². The van der Waals surface area contributed by atoms with Crippen LogP contribution >= 0.6 is 0 Å². The maximum Gasteiger partial charge on any atom is 0.430 e. The zero-order valence-electron chi connectivity index (χ0n) is 17.2. The first-order chi connectivity index (χ1) is 15.0. The summed E-state index contributed by atoms with van der Waals surface area (Å²) < 4.78 is 96.9. The van der Waals surface area contributed by atoms with Gasteiger partial charge in [0.15, 0.2) is 6.29 Å². The van der Waals surface area contributed by atoms with Gasteiger partial charge in [0, 0.05) is 18.9 Å². The number of ether oxygens (including phenoxy) is 3. The lowest BCUT2D eigenvalue weighted by molar-refractivity contribution is -0.400. The van der Waals surface area contributed by atoms with Crippen LogP contribution in [0.2, 0.25) is 0 Å². The molecule has 0 aliphatic rings. The van der Waals surface area contributed by atoms with Crippen LogP contribution in [-0.4, -0.2) is 37.5 Å². The Labute approximate surface area is 180 Å². The lowest BCUT2D eigenvalue weighted by atomic mass is 9.89. The van der Waals surface area contributed by atoms with E-state index in [1.54, 1.807) is 13.0 Å². The van der Waals surface area contributed by atoms with Crippen LogP contribution in [0.4, 0.5) is 26.3 Å². The fraction of sp³-hybridized carbons (Fsp3) is 0.429. The predicted octanol–water partition coefficient (Wildman–Crippen LogP) is 5.37. The SMILES string of the molecule is CCCc1cc(C(OCOC)(C(F)(F)F)C(F)(F)F)ccc1OCc1ccnc(C=O)c1. The molecular formula is C21H21F6NO4. The van der Waals surface area contributed by atoms with Gasteiger partial charge in [0.2, 0.25) is 0 Å². The summed E-state index contributed by atoms with van der Waals surface area (Å²) >= 11 is 0. The number of pyridine rings is 1. The molecule has 11 heteroatoms. The summed E-state index contributed by atoms with van der Waals surface area (Å²) in [5, 5.41) is 0. The molecular weight excluding hydrogens is 444 g/mol. The second-order valence-corrected chi connectivity index (χ2v) is 6.80. The number of hydrogen-bond acceptors (Lipinski definition) is 5. The Kier molecular flexibility index (Phi) is 8.24. The van der Waals surface area contributed by atoms with E-state index in [4.69, 9.17) is 4.74 Å². The minimum atomic E-state index is -5.81. The fourth-order valence-electron chi connectivity index (χ4n) is 3.10. The average Bonchev–Trinajstić information content (AvgIpc) is 2.72. The Morgan fingerprint density at radius 1 is 1.03 bits per heavy atom. The Balaban J connectivity index is 2.49. The highest BCUT2D eigenvalue weighted by molar-refractivity contribution is 5.71. The van der Waals surface area contributed by atoms with Crippen molar-refractivity contribution >= 4 is 6.29 Å². The lowest BCUT2D eigenvalue weighted by Gasteiger charge is -2.37. The Hall–Kier alpha value is -2.66. The molecule has 5 nitrogen and oxygen atoms in total. The van der Waals surface area contributed by atoms with Crippen LogP contribution in [0.15, 0.2) is 36.5 Å². The molecule has 0 atom stereocenters. The van der Waals surface area contributed by atoms with Crippen LogP contribution in [0.3, 0.4) is 0 Å². The Morgan fingerprint density at radius 3 is 2.28 bits per heavy atom. The number of benzene rings is 1. The third kappa shape index (κ3) is 5.39. The third-order valence-electron chi connectivity index (χ3n) is 4.54. The molecule has 0 unspecified atom stereocenters. The van der Waals surface area contributed by atoms with E-state index in [0.29, 0.717) is 24.3 Å². The molecule has 0 aliphatic heterocycles. The van der Waals surface area contributed by atoms with Crippen molar-refractivity contribution in [2.75, 3.05) is 13.9 Å². The molecule has 1 heterocycles. The van der Waals surface area contributed by atoms with Crippen molar-refractivity contribution in [2.24, 2.45) is 0 Å². The summed E-state index contributed by atoms with van der Waals surface area (Å²) in [6.45, 7) is 0.433. The number of alkyl halides is 6. The summed E-state index contributed by atoms with van der Waals surface area (Å²) in [7, 11) is 0.923. The summed E-state index contributed by atoms with van der Waals surface area (Å²) in [5.74, 6) is 0.116. The van der Waals surface area contributed by atoms with Crippen molar-refractivity contribution < 1.29 is 45.3 Å². The molecule has 32 heavy (non-hydrogen) atoms. The van der Waals surface area contributed by atoms with Gasteiger partial charge in [-0.3, -0.25) is 9.78 Å². The Bertz CT molecular complexity index is 900. The first-order valence-corrected chi connectivity index (χ1v) is 9.42. The number of hydrogen-bond donors (Lipinski definition) is 0. The lowest BCUT2D eigenvalue weighted by Crippen LogP contribution is -2.56. The minimum absolute atomic E-state index is 0.0662. The first kappa shape index (κ1) is 25.6. The quantitative estimate of drug-likeness (QED) is 0.268. The minimum Gasteiger partial charge on any atom is -0.489 e. The number of methoxy groups -OCH3 is 1. The molecule has 0 N–H and O–H groups in total. The largest absolute Gasteiger partial charge is 0.489 e. The normalized spacial score (nSPS) is 12.6.